The van der Waals surface area contributed by atoms with Gasteiger partial charge in [-0.25, -0.2) is 9.59 Å². The van der Waals surface area contributed by atoms with E-state index in [0.717, 1.165) is 17.2 Å². The molecular formula is C30H44N4O6S. The van der Waals surface area contributed by atoms with Crippen LogP contribution in [-0.2, 0) is 9.47 Å². The molecule has 0 heterocycles. The maximum Gasteiger partial charge on any atom is 0.407 e. The van der Waals surface area contributed by atoms with E-state index in [-0.39, 0.29) is 0 Å². The number of ether oxygens (including phenoxy) is 4. The predicted molar refractivity (Wildman–Crippen MR) is 168 cm³/mol. The molecule has 226 valence electrons. The van der Waals surface area contributed by atoms with Crippen LogP contribution in [0.2, 0.25) is 0 Å². The van der Waals surface area contributed by atoms with Crippen LogP contribution in [0.1, 0.15) is 54.4 Å². The van der Waals surface area contributed by atoms with Crippen molar-refractivity contribution in [1.82, 2.24) is 10.6 Å². The van der Waals surface area contributed by atoms with Crippen molar-refractivity contribution in [2.24, 2.45) is 4.99 Å². The molecule has 0 atom stereocenters. The predicted octanol–water partition coefficient (Wildman–Crippen LogP) is 6.24. The summed E-state index contributed by atoms with van der Waals surface area (Å²) < 4.78 is 21.3. The van der Waals surface area contributed by atoms with Gasteiger partial charge in [0.05, 0.1) is 18.9 Å². The fraction of sp³-hybridized carbons (Fsp3) is 0.467. The minimum atomic E-state index is -0.478. The number of anilines is 1. The van der Waals surface area contributed by atoms with Gasteiger partial charge >= 0.3 is 12.2 Å². The Bertz CT molecular complexity index is 1080. The molecule has 41 heavy (non-hydrogen) atoms. The molecule has 0 aliphatic carbocycles. The van der Waals surface area contributed by atoms with Crippen LogP contribution in [0.25, 0.3) is 0 Å². The number of amides is 2. The van der Waals surface area contributed by atoms with Crippen molar-refractivity contribution in [3.63, 3.8) is 0 Å². The summed E-state index contributed by atoms with van der Waals surface area (Å²) in [6.07, 6.45) is 2.16. The Kier molecular flexibility index (Phi) is 15.9. The molecule has 0 aliphatic rings. The normalized spacial score (nSPS) is 11.1. The maximum atomic E-state index is 11.4. The van der Waals surface area contributed by atoms with E-state index in [4.69, 9.17) is 24.7 Å². The highest BCUT2D eigenvalue weighted by Gasteiger charge is 2.16. The summed E-state index contributed by atoms with van der Waals surface area (Å²) in [5, 5.41) is 6.82. The number of rotatable bonds is 12. The first-order valence-corrected chi connectivity index (χ1v) is 13.9. The van der Waals surface area contributed by atoms with E-state index < -0.39 is 23.4 Å². The molecule has 2 aromatic rings. The number of nitrogen functional groups attached to an aromatic ring is 1. The zero-order chi connectivity index (χ0) is 30.7. The lowest BCUT2D eigenvalue weighted by Crippen LogP contribution is -2.33. The fourth-order valence-electron chi connectivity index (χ4n) is 2.84. The highest BCUT2D eigenvalue weighted by atomic mass is 32.1. The van der Waals surface area contributed by atoms with Crippen molar-refractivity contribution in [1.29, 1.82) is 0 Å². The molecular weight excluding hydrogens is 544 g/mol. The van der Waals surface area contributed by atoms with Crippen molar-refractivity contribution in [3.8, 4) is 11.5 Å². The van der Waals surface area contributed by atoms with Gasteiger partial charge in [-0.1, -0.05) is 12.2 Å². The number of carbonyl (C=O) groups excluding carboxylic acids is 2. The molecule has 0 aliphatic heterocycles. The van der Waals surface area contributed by atoms with Gasteiger partial charge in [0.15, 0.2) is 0 Å². The van der Waals surface area contributed by atoms with Crippen LogP contribution in [0, 0.1) is 0 Å². The average molecular weight is 589 g/mol. The Labute approximate surface area is 249 Å². The Morgan fingerprint density at radius 1 is 0.780 bits per heavy atom. The third-order valence-electron chi connectivity index (χ3n) is 4.52. The average Bonchev–Trinajstić information content (AvgIpc) is 2.87. The van der Waals surface area contributed by atoms with Crippen molar-refractivity contribution in [2.75, 3.05) is 32.0 Å². The van der Waals surface area contributed by atoms with Crippen molar-refractivity contribution < 1.29 is 28.5 Å². The molecule has 10 nitrogen and oxygen atoms in total. The number of nitrogens with two attached hydrogens (primary N) is 1. The van der Waals surface area contributed by atoms with Gasteiger partial charge in [-0.3, -0.25) is 4.99 Å². The highest BCUT2D eigenvalue weighted by molar-refractivity contribution is 7.80. The topological polar surface area (TPSA) is 134 Å². The lowest BCUT2D eigenvalue weighted by atomic mass is 10.2. The molecule has 2 amide bonds. The minimum Gasteiger partial charge on any atom is -0.494 e. The molecule has 0 spiro atoms. The van der Waals surface area contributed by atoms with Crippen LogP contribution in [-0.4, -0.2) is 61.3 Å². The van der Waals surface area contributed by atoms with Gasteiger partial charge in [0.1, 0.15) is 22.7 Å². The number of aliphatic imine (C=N–C) groups is 1. The molecule has 11 heteroatoms. The van der Waals surface area contributed by atoms with Crippen LogP contribution < -0.4 is 25.8 Å². The molecule has 0 fully saturated rings. The molecule has 0 saturated carbocycles. The lowest BCUT2D eigenvalue weighted by Gasteiger charge is -2.19. The van der Waals surface area contributed by atoms with Crippen LogP contribution in [0.5, 0.6) is 11.5 Å². The van der Waals surface area contributed by atoms with Gasteiger partial charge in [0.25, 0.3) is 0 Å². The van der Waals surface area contributed by atoms with E-state index >= 15 is 0 Å². The van der Waals surface area contributed by atoms with Crippen LogP contribution in [0.3, 0.4) is 0 Å². The molecule has 0 unspecified atom stereocenters. The summed E-state index contributed by atoms with van der Waals surface area (Å²) >= 11 is 4.67. The van der Waals surface area contributed by atoms with E-state index in [1.165, 1.54) is 5.37 Å². The molecule has 0 radical (unpaired) electrons. The number of hydrogen-bond acceptors (Lipinski definition) is 9. The molecule has 2 rings (SSSR count). The van der Waals surface area contributed by atoms with Crippen molar-refractivity contribution >= 4 is 47.4 Å². The lowest BCUT2D eigenvalue weighted by molar-refractivity contribution is 0.0513. The van der Waals surface area contributed by atoms with Gasteiger partial charge in [0.2, 0.25) is 0 Å². The Morgan fingerprint density at radius 2 is 1.20 bits per heavy atom. The maximum absolute atomic E-state index is 11.4. The first-order chi connectivity index (χ1) is 19.3. The Hall–Kier alpha value is -3.86. The Morgan fingerprint density at radius 3 is 1.59 bits per heavy atom. The first-order valence-electron chi connectivity index (χ1n) is 13.4. The minimum absolute atomic E-state index is 0.403. The zero-order valence-electron chi connectivity index (χ0n) is 24.9. The number of nitrogens with zero attached hydrogens (tertiary/aromatic N) is 1. The SMILES string of the molecule is CC(C)(C)OC(=O)NCCCOc1ccc(N)cc1.CC(C)(C)OC(=O)NCCCOc1ccc(N=CC=S)cc1. The smallest absolute Gasteiger partial charge is 0.407 e. The number of carbonyl (C=O) groups is 2. The summed E-state index contributed by atoms with van der Waals surface area (Å²) in [7, 11) is 0. The summed E-state index contributed by atoms with van der Waals surface area (Å²) in [4.78, 5) is 26.9. The summed E-state index contributed by atoms with van der Waals surface area (Å²) in [6.45, 7) is 13.0. The second-order valence-corrected chi connectivity index (χ2v) is 11.0. The fourth-order valence-corrected chi connectivity index (χ4v) is 2.90. The molecule has 0 bridgehead atoms. The summed E-state index contributed by atoms with van der Waals surface area (Å²) in [6, 6.07) is 14.6. The van der Waals surface area contributed by atoms with E-state index in [1.54, 1.807) is 18.3 Å². The third-order valence-corrected chi connectivity index (χ3v) is 4.64. The summed E-state index contributed by atoms with van der Waals surface area (Å²) in [5.74, 6) is 1.53. The van der Waals surface area contributed by atoms with Gasteiger partial charge in [-0.15, -0.1) is 0 Å². The number of nitrogens with one attached hydrogen (secondary N) is 2. The van der Waals surface area contributed by atoms with E-state index in [1.807, 2.05) is 77.9 Å². The van der Waals surface area contributed by atoms with Gasteiger partial charge < -0.3 is 35.3 Å². The van der Waals surface area contributed by atoms with E-state index in [9.17, 15) is 9.59 Å². The quantitative estimate of drug-likeness (QED) is 0.115. The summed E-state index contributed by atoms with van der Waals surface area (Å²) in [5.41, 5.74) is 6.15. The van der Waals surface area contributed by atoms with Crippen molar-refractivity contribution in [3.05, 3.63) is 48.5 Å². The zero-order valence-corrected chi connectivity index (χ0v) is 25.7. The molecule has 4 N–H and O–H groups in total. The van der Waals surface area contributed by atoms with Gasteiger partial charge in [-0.05, 0) is 103 Å². The molecule has 0 aromatic heterocycles. The van der Waals surface area contributed by atoms with Gasteiger partial charge in [0, 0.05) is 30.4 Å². The number of alkyl carbamates (subject to hydrolysis) is 2. The number of hydrogen-bond donors (Lipinski definition) is 3. The standard InChI is InChI=1S/C16H22N2O3S.C14H22N2O3/c1-16(2,3)21-15(19)18-9-4-11-20-14-7-5-13(6-8-14)17-10-12-22;1-14(2,3)19-13(17)16-9-4-10-18-12-7-5-11(15)6-8-12/h5-8,10,12H,4,9,11H2,1-3H3,(H,18,19);5-8H,4,9-10,15H2,1-3H3,(H,16,17). The van der Waals surface area contributed by atoms with Crippen LogP contribution >= 0.6 is 12.2 Å². The monoisotopic (exact) mass is 588 g/mol. The number of thiocarbonyl (C=S) groups is 1. The Balaban J connectivity index is 0.000000414. The van der Waals surface area contributed by atoms with E-state index in [0.29, 0.717) is 44.8 Å². The second kappa shape index (κ2) is 18.5. The van der Waals surface area contributed by atoms with E-state index in [2.05, 4.69) is 27.8 Å². The molecule has 0 saturated heterocycles. The first kappa shape index (κ1) is 35.2. The van der Waals surface area contributed by atoms with Gasteiger partial charge in [-0.2, -0.15) is 0 Å². The van der Waals surface area contributed by atoms with Crippen molar-refractivity contribution in [2.45, 2.75) is 65.6 Å². The van der Waals surface area contributed by atoms with Crippen LogP contribution in [0.15, 0.2) is 53.5 Å². The number of benzene rings is 2. The largest absolute Gasteiger partial charge is 0.494 e. The van der Waals surface area contributed by atoms with Crippen LogP contribution in [0.4, 0.5) is 21.0 Å². The second-order valence-electron chi connectivity index (χ2n) is 10.7. The highest BCUT2D eigenvalue weighted by Crippen LogP contribution is 2.18. The molecule has 2 aromatic carbocycles. The third kappa shape index (κ3) is 19.8.